The molecule has 5 aliphatic rings. The fourth-order valence-electron chi connectivity index (χ4n) is 6.92. The van der Waals surface area contributed by atoms with E-state index in [0.29, 0.717) is 30.0 Å². The van der Waals surface area contributed by atoms with Gasteiger partial charge in [0.2, 0.25) is 0 Å². The zero-order chi connectivity index (χ0) is 22.6. The molecule has 2 aromatic rings. The first kappa shape index (κ1) is 21.1. The molecule has 5 saturated carbocycles. The Morgan fingerprint density at radius 2 is 1.85 bits per heavy atom. The quantitative estimate of drug-likeness (QED) is 0.680. The Morgan fingerprint density at radius 1 is 1.12 bits per heavy atom. The second-order valence-corrected chi connectivity index (χ2v) is 11.1. The van der Waals surface area contributed by atoms with E-state index in [1.807, 2.05) is 6.07 Å². The summed E-state index contributed by atoms with van der Waals surface area (Å²) in [6.45, 7) is 2.84. The second kappa shape index (κ2) is 7.79. The summed E-state index contributed by atoms with van der Waals surface area (Å²) in [5.74, 6) is 1.65. The van der Waals surface area contributed by atoms with Gasteiger partial charge >= 0.3 is 6.01 Å². The van der Waals surface area contributed by atoms with Gasteiger partial charge in [-0.25, -0.2) is 4.98 Å². The Kier molecular flexibility index (Phi) is 4.98. The first-order chi connectivity index (χ1) is 16.0. The van der Waals surface area contributed by atoms with Crippen LogP contribution in [0.2, 0.25) is 0 Å². The van der Waals surface area contributed by atoms with E-state index in [4.69, 9.17) is 9.47 Å². The highest BCUT2D eigenvalue weighted by Crippen LogP contribution is 2.57. The number of hydrogen-bond acceptors (Lipinski definition) is 5. The number of carbonyl (C=O) groups excluding carboxylic acids is 1. The average molecular weight is 448 g/mol. The van der Waals surface area contributed by atoms with Crippen molar-refractivity contribution in [3.8, 4) is 6.01 Å². The summed E-state index contributed by atoms with van der Waals surface area (Å²) in [5, 5.41) is 3.43. The number of carbonyl (C=O) groups is 1. The van der Waals surface area contributed by atoms with Crippen molar-refractivity contribution >= 4 is 5.91 Å². The molecule has 2 atom stereocenters. The zero-order valence-electron chi connectivity index (χ0n) is 19.5. The van der Waals surface area contributed by atoms with Gasteiger partial charge in [0.1, 0.15) is 0 Å². The van der Waals surface area contributed by atoms with Crippen molar-refractivity contribution in [1.82, 2.24) is 15.3 Å². The van der Waals surface area contributed by atoms with Gasteiger partial charge in [0.25, 0.3) is 5.91 Å². The molecule has 4 bridgehead atoms. The minimum atomic E-state index is -0.0394. The van der Waals surface area contributed by atoms with Crippen molar-refractivity contribution < 1.29 is 14.3 Å². The third kappa shape index (κ3) is 3.82. The van der Waals surface area contributed by atoms with E-state index in [-0.39, 0.29) is 23.0 Å². The molecule has 1 N–H and O–H groups in total. The highest BCUT2D eigenvalue weighted by atomic mass is 16.5. The molecule has 5 fully saturated rings. The predicted molar refractivity (Wildman–Crippen MR) is 124 cm³/mol. The second-order valence-electron chi connectivity index (χ2n) is 11.1. The lowest BCUT2D eigenvalue weighted by molar-refractivity contribution is -0.177. The summed E-state index contributed by atoms with van der Waals surface area (Å²) in [7, 11) is 1.57. The van der Waals surface area contributed by atoms with Gasteiger partial charge in [-0.05, 0) is 68.3 Å². The number of aromatic nitrogens is 2. The zero-order valence-corrected chi connectivity index (χ0v) is 19.5. The molecule has 6 nitrogen and oxygen atoms in total. The number of nitrogens with zero attached hydrogens (tertiary/aromatic N) is 2. The molecule has 0 radical (unpaired) electrons. The van der Waals surface area contributed by atoms with Gasteiger partial charge in [0.05, 0.1) is 30.6 Å². The van der Waals surface area contributed by atoms with Crippen LogP contribution in [0, 0.1) is 17.8 Å². The monoisotopic (exact) mass is 447 g/mol. The van der Waals surface area contributed by atoms with E-state index >= 15 is 0 Å². The van der Waals surface area contributed by atoms with Crippen molar-refractivity contribution in [2.24, 2.45) is 17.8 Å². The van der Waals surface area contributed by atoms with Crippen LogP contribution in [0.15, 0.2) is 36.5 Å². The molecule has 0 aliphatic heterocycles. The molecular formula is C27H33N3O3. The largest absolute Gasteiger partial charge is 0.467 e. The van der Waals surface area contributed by atoms with Crippen molar-refractivity contribution in [2.45, 2.75) is 75.5 Å². The SMILES string of the molecule is COc1ncc(C(=O)NC2C3CC4CC2CC(OCc2ccccc2)(C4)C3)c(C2(C)CC2)n1. The molecule has 1 amide bonds. The van der Waals surface area contributed by atoms with Gasteiger partial charge in [-0.1, -0.05) is 37.3 Å². The Balaban J connectivity index is 1.18. The summed E-state index contributed by atoms with van der Waals surface area (Å²) < 4.78 is 11.9. The summed E-state index contributed by atoms with van der Waals surface area (Å²) in [6.07, 6.45) is 9.39. The van der Waals surface area contributed by atoms with E-state index in [1.54, 1.807) is 13.3 Å². The van der Waals surface area contributed by atoms with E-state index in [1.165, 1.54) is 24.8 Å². The summed E-state index contributed by atoms with van der Waals surface area (Å²) in [4.78, 5) is 22.3. The number of nitrogens with one attached hydrogen (secondary N) is 1. The molecule has 2 unspecified atom stereocenters. The van der Waals surface area contributed by atoms with Crippen LogP contribution in [0.5, 0.6) is 6.01 Å². The Labute approximate surface area is 195 Å². The first-order valence-electron chi connectivity index (χ1n) is 12.4. The van der Waals surface area contributed by atoms with Gasteiger partial charge in [0, 0.05) is 17.7 Å². The van der Waals surface area contributed by atoms with Gasteiger partial charge in [0.15, 0.2) is 0 Å². The lowest BCUT2D eigenvalue weighted by Crippen LogP contribution is -2.62. The highest BCUT2D eigenvalue weighted by molar-refractivity contribution is 5.95. The van der Waals surface area contributed by atoms with E-state index < -0.39 is 0 Å². The first-order valence-corrected chi connectivity index (χ1v) is 12.4. The van der Waals surface area contributed by atoms with Gasteiger partial charge in [-0.3, -0.25) is 4.79 Å². The maximum absolute atomic E-state index is 13.5. The van der Waals surface area contributed by atoms with Gasteiger partial charge in [-0.15, -0.1) is 0 Å². The molecule has 0 spiro atoms. The molecule has 1 heterocycles. The third-order valence-electron chi connectivity index (χ3n) is 8.67. The van der Waals surface area contributed by atoms with Gasteiger partial charge < -0.3 is 14.8 Å². The number of methoxy groups -OCH3 is 1. The normalized spacial score (nSPS) is 33.0. The highest BCUT2D eigenvalue weighted by Gasteiger charge is 2.56. The van der Waals surface area contributed by atoms with Crippen molar-refractivity contribution in [3.63, 3.8) is 0 Å². The average Bonchev–Trinajstić information content (AvgIpc) is 3.58. The number of ether oxygens (including phenoxy) is 2. The molecule has 174 valence electrons. The van der Waals surface area contributed by atoms with Crippen LogP contribution in [-0.2, 0) is 16.8 Å². The van der Waals surface area contributed by atoms with Gasteiger partial charge in [-0.2, -0.15) is 4.98 Å². The fourth-order valence-corrected chi connectivity index (χ4v) is 6.92. The Hall–Kier alpha value is -2.47. The topological polar surface area (TPSA) is 73.3 Å². The molecule has 1 aromatic carbocycles. The smallest absolute Gasteiger partial charge is 0.316 e. The Morgan fingerprint density at radius 3 is 2.52 bits per heavy atom. The van der Waals surface area contributed by atoms with Crippen molar-refractivity contribution in [2.75, 3.05) is 7.11 Å². The van der Waals surface area contributed by atoms with Crippen LogP contribution < -0.4 is 10.1 Å². The maximum atomic E-state index is 13.5. The van der Waals surface area contributed by atoms with Crippen molar-refractivity contribution in [3.05, 3.63) is 53.3 Å². The van der Waals surface area contributed by atoms with Crippen molar-refractivity contribution in [1.29, 1.82) is 0 Å². The van der Waals surface area contributed by atoms with E-state index in [2.05, 4.69) is 46.5 Å². The number of benzene rings is 1. The molecule has 1 aromatic heterocycles. The van der Waals surface area contributed by atoms with E-state index in [0.717, 1.165) is 37.3 Å². The number of amides is 1. The number of rotatable bonds is 7. The molecule has 0 saturated heterocycles. The molecule has 7 rings (SSSR count). The van der Waals surface area contributed by atoms with Crippen LogP contribution in [0.3, 0.4) is 0 Å². The molecule has 33 heavy (non-hydrogen) atoms. The minimum absolute atomic E-state index is 0.0244. The minimum Gasteiger partial charge on any atom is -0.467 e. The van der Waals surface area contributed by atoms with Crippen LogP contribution in [0.25, 0.3) is 0 Å². The van der Waals surface area contributed by atoms with E-state index in [9.17, 15) is 4.79 Å². The molecule has 5 aliphatic carbocycles. The van der Waals surface area contributed by atoms with Crippen LogP contribution in [0.1, 0.15) is 73.5 Å². The third-order valence-corrected chi connectivity index (χ3v) is 8.67. The lowest BCUT2D eigenvalue weighted by Gasteiger charge is -2.59. The molecular weight excluding hydrogens is 414 g/mol. The molecule has 6 heteroatoms. The van der Waals surface area contributed by atoms with Crippen LogP contribution in [-0.4, -0.2) is 34.6 Å². The Bertz CT molecular complexity index is 1040. The number of hydrogen-bond donors (Lipinski definition) is 1. The summed E-state index contributed by atoms with van der Waals surface area (Å²) in [5.41, 5.74) is 2.61. The standard InChI is InChI=1S/C27H33N3O3/c1-26(8-9-26)23-21(15-28-25(30-23)32-2)24(31)29-22-19-10-18-11-20(22)14-27(12-18,13-19)33-16-17-6-4-3-5-7-17/h3-7,15,18-20,22H,8-14,16H2,1-2H3,(H,29,31). The summed E-state index contributed by atoms with van der Waals surface area (Å²) >= 11 is 0. The predicted octanol–water partition coefficient (Wildman–Crippen LogP) is 4.43. The maximum Gasteiger partial charge on any atom is 0.316 e. The van der Waals surface area contributed by atoms with Crippen LogP contribution in [0.4, 0.5) is 0 Å². The fraction of sp³-hybridized carbons (Fsp3) is 0.593. The summed E-state index contributed by atoms with van der Waals surface area (Å²) in [6, 6.07) is 11.0. The van der Waals surface area contributed by atoms with Crippen LogP contribution >= 0.6 is 0 Å². The lowest BCUT2D eigenvalue weighted by atomic mass is 9.52.